The maximum Gasteiger partial charge on any atom is 0.416 e. The maximum atomic E-state index is 12.8. The zero-order valence-corrected chi connectivity index (χ0v) is 18.1. The van der Waals surface area contributed by atoms with E-state index in [-0.39, 0.29) is 11.6 Å². The van der Waals surface area contributed by atoms with E-state index in [1.54, 1.807) is 0 Å². The van der Waals surface area contributed by atoms with Crippen molar-refractivity contribution in [1.29, 1.82) is 0 Å². The minimum atomic E-state index is -4.46. The number of aromatic amines is 1. The molecule has 33 heavy (non-hydrogen) atoms. The van der Waals surface area contributed by atoms with Crippen molar-refractivity contribution in [3.8, 4) is 17.1 Å². The molecule has 1 unspecified atom stereocenters. The summed E-state index contributed by atoms with van der Waals surface area (Å²) < 4.78 is 44.9. The number of hydrogen-bond acceptors (Lipinski definition) is 4. The highest BCUT2D eigenvalue weighted by atomic mass is 19.4. The number of nitrogens with one attached hydrogen (secondary N) is 2. The first-order valence-electron chi connectivity index (χ1n) is 10.5. The highest BCUT2D eigenvalue weighted by Crippen LogP contribution is 2.30. The lowest BCUT2D eigenvalue weighted by Gasteiger charge is -2.15. The molecule has 3 aromatic rings. The summed E-state index contributed by atoms with van der Waals surface area (Å²) in [6, 6.07) is 7.98. The maximum absolute atomic E-state index is 12.8. The minimum Gasteiger partial charge on any atom is -0.368 e. The molecule has 174 valence electrons. The molecule has 0 aliphatic carbocycles. The first-order valence-corrected chi connectivity index (χ1v) is 10.5. The number of aromatic nitrogens is 3. The van der Waals surface area contributed by atoms with Gasteiger partial charge >= 0.3 is 11.9 Å². The zero-order valence-electron chi connectivity index (χ0n) is 18.1. The quantitative estimate of drug-likeness (QED) is 0.608. The molecule has 2 heterocycles. The third-order valence-electron chi connectivity index (χ3n) is 5.75. The van der Waals surface area contributed by atoms with E-state index in [1.807, 2.05) is 26.0 Å². The van der Waals surface area contributed by atoms with Crippen molar-refractivity contribution in [1.82, 2.24) is 20.1 Å². The summed E-state index contributed by atoms with van der Waals surface area (Å²) in [6.45, 7) is 4.61. The van der Waals surface area contributed by atoms with Crippen LogP contribution in [0.25, 0.3) is 17.1 Å². The molecule has 0 spiro atoms. The Morgan fingerprint density at radius 3 is 2.58 bits per heavy atom. The van der Waals surface area contributed by atoms with Crippen LogP contribution in [0.15, 0.2) is 41.2 Å². The summed E-state index contributed by atoms with van der Waals surface area (Å²) in [7, 11) is 0. The van der Waals surface area contributed by atoms with Gasteiger partial charge in [-0.25, -0.2) is 4.79 Å². The van der Waals surface area contributed by atoms with Crippen LogP contribution in [0.5, 0.6) is 0 Å². The van der Waals surface area contributed by atoms with Gasteiger partial charge in [0, 0.05) is 18.7 Å². The fraction of sp³-hybridized carbons (Fsp3) is 0.348. The lowest BCUT2D eigenvalue weighted by molar-refractivity contribution is -0.137. The molecular weight excluding hydrogens is 437 g/mol. The molecule has 0 bridgehead atoms. The van der Waals surface area contributed by atoms with Gasteiger partial charge in [-0.3, -0.25) is 9.78 Å². The average molecular weight is 460 g/mol. The summed E-state index contributed by atoms with van der Waals surface area (Å²) in [6.07, 6.45) is -3.33. The fourth-order valence-electron chi connectivity index (χ4n) is 3.93. The zero-order chi connectivity index (χ0) is 23.8. The molecule has 10 heteroatoms. The number of halogens is 3. The summed E-state index contributed by atoms with van der Waals surface area (Å²) in [4.78, 5) is 27.5. The predicted molar refractivity (Wildman–Crippen MR) is 115 cm³/mol. The predicted octanol–water partition coefficient (Wildman–Crippen LogP) is 3.66. The van der Waals surface area contributed by atoms with E-state index >= 15 is 0 Å². The third-order valence-corrected chi connectivity index (χ3v) is 5.75. The summed E-state index contributed by atoms with van der Waals surface area (Å²) in [5.41, 5.74) is 2.07. The number of carbonyl (C=O) groups is 1. The van der Waals surface area contributed by atoms with Crippen molar-refractivity contribution in [2.75, 3.05) is 6.61 Å². The molecule has 1 aromatic heterocycles. The lowest BCUT2D eigenvalue weighted by atomic mass is 9.97. The van der Waals surface area contributed by atoms with Crippen molar-refractivity contribution in [2.45, 2.75) is 45.5 Å². The fourth-order valence-corrected chi connectivity index (χ4v) is 3.93. The molecule has 1 amide bonds. The van der Waals surface area contributed by atoms with E-state index in [9.17, 15) is 22.8 Å². The van der Waals surface area contributed by atoms with E-state index in [0.29, 0.717) is 31.0 Å². The van der Waals surface area contributed by atoms with Gasteiger partial charge in [0.15, 0.2) is 5.82 Å². The molecule has 2 N–H and O–H groups in total. The number of carbonyl (C=O) groups excluding carboxylic acids is 1. The van der Waals surface area contributed by atoms with Gasteiger partial charge in [0.25, 0.3) is 0 Å². The number of aryl methyl sites for hydroxylation is 1. The van der Waals surface area contributed by atoms with Crippen molar-refractivity contribution >= 4 is 5.91 Å². The van der Waals surface area contributed by atoms with Gasteiger partial charge in [-0.05, 0) is 67.6 Å². The number of amides is 1. The number of H-pyrrole nitrogens is 1. The van der Waals surface area contributed by atoms with E-state index in [2.05, 4.69) is 15.4 Å². The average Bonchev–Trinajstić information content (AvgIpc) is 3.43. The van der Waals surface area contributed by atoms with E-state index in [1.165, 1.54) is 12.1 Å². The Bertz CT molecular complexity index is 1220. The number of nitrogens with zero attached hydrogens (tertiary/aromatic N) is 2. The van der Waals surface area contributed by atoms with Gasteiger partial charge in [0.05, 0.1) is 11.3 Å². The monoisotopic (exact) mass is 460 g/mol. The number of hydrogen-bond donors (Lipinski definition) is 2. The van der Waals surface area contributed by atoms with Crippen LogP contribution in [0, 0.1) is 13.8 Å². The molecule has 1 aliphatic heterocycles. The standard InChI is InChI=1S/C23H23F3N4O3/c1-13-5-6-15(12-27-21(31)18-4-3-11-33-18)14(2)19(13)20-28-22(32)30(29-20)17-9-7-16(8-10-17)23(24,25)26/h5-10,18H,3-4,11-12H2,1-2H3,(H,27,31)(H,28,29,32). The van der Waals surface area contributed by atoms with E-state index < -0.39 is 23.5 Å². The van der Waals surface area contributed by atoms with Gasteiger partial charge in [0.2, 0.25) is 5.91 Å². The number of rotatable bonds is 5. The topological polar surface area (TPSA) is 89.0 Å². The lowest BCUT2D eigenvalue weighted by Crippen LogP contribution is -2.33. The van der Waals surface area contributed by atoms with Crippen LogP contribution in [-0.4, -0.2) is 33.4 Å². The highest BCUT2D eigenvalue weighted by Gasteiger charge is 2.30. The summed E-state index contributed by atoms with van der Waals surface area (Å²) >= 11 is 0. The third kappa shape index (κ3) is 4.70. The van der Waals surface area contributed by atoms with Crippen molar-refractivity contribution in [3.05, 3.63) is 69.1 Å². The second-order valence-corrected chi connectivity index (χ2v) is 8.00. The van der Waals surface area contributed by atoms with E-state index in [4.69, 9.17) is 4.74 Å². The Balaban J connectivity index is 1.61. The molecule has 0 saturated carbocycles. The Morgan fingerprint density at radius 2 is 1.94 bits per heavy atom. The number of alkyl halides is 3. The Morgan fingerprint density at radius 1 is 1.21 bits per heavy atom. The Hall–Kier alpha value is -3.40. The van der Waals surface area contributed by atoms with Gasteiger partial charge in [0.1, 0.15) is 6.10 Å². The van der Waals surface area contributed by atoms with E-state index in [0.717, 1.165) is 39.9 Å². The molecule has 4 rings (SSSR count). The van der Waals surface area contributed by atoms with Gasteiger partial charge in [-0.15, -0.1) is 5.10 Å². The molecule has 2 aromatic carbocycles. The van der Waals surface area contributed by atoms with Crippen LogP contribution in [0.3, 0.4) is 0 Å². The number of ether oxygens (including phenoxy) is 1. The molecule has 1 saturated heterocycles. The van der Waals surface area contributed by atoms with Gasteiger partial charge in [-0.2, -0.15) is 17.9 Å². The van der Waals surface area contributed by atoms with Crippen LogP contribution in [-0.2, 0) is 22.3 Å². The van der Waals surface area contributed by atoms with Crippen molar-refractivity contribution in [2.24, 2.45) is 0 Å². The molecule has 1 fully saturated rings. The highest BCUT2D eigenvalue weighted by molar-refractivity contribution is 5.81. The van der Waals surface area contributed by atoms with Crippen molar-refractivity contribution < 1.29 is 22.7 Å². The first kappa shape index (κ1) is 22.8. The molecule has 7 nitrogen and oxygen atoms in total. The molecule has 1 aliphatic rings. The number of benzene rings is 2. The summed E-state index contributed by atoms with van der Waals surface area (Å²) in [5, 5.41) is 7.21. The van der Waals surface area contributed by atoms with Gasteiger partial charge in [-0.1, -0.05) is 12.1 Å². The molecular formula is C23H23F3N4O3. The largest absolute Gasteiger partial charge is 0.416 e. The van der Waals surface area contributed by atoms with Crippen LogP contribution in [0.4, 0.5) is 13.2 Å². The van der Waals surface area contributed by atoms with Crippen LogP contribution < -0.4 is 11.0 Å². The smallest absolute Gasteiger partial charge is 0.368 e. The van der Waals surface area contributed by atoms with Crippen LogP contribution in [0.1, 0.15) is 35.1 Å². The Labute approximate surface area is 187 Å². The summed E-state index contributed by atoms with van der Waals surface area (Å²) in [5.74, 6) is 0.135. The first-order chi connectivity index (χ1) is 15.6. The Kier molecular flexibility index (Phi) is 6.11. The molecule has 0 radical (unpaired) electrons. The van der Waals surface area contributed by atoms with Crippen molar-refractivity contribution in [3.63, 3.8) is 0 Å². The van der Waals surface area contributed by atoms with Crippen LogP contribution in [0.2, 0.25) is 0 Å². The second-order valence-electron chi connectivity index (χ2n) is 8.00. The SMILES string of the molecule is Cc1ccc(CNC(=O)C2CCCO2)c(C)c1-c1nn(-c2ccc(C(F)(F)F)cc2)c(=O)[nH]1. The van der Waals surface area contributed by atoms with Gasteiger partial charge < -0.3 is 10.1 Å². The molecule has 1 atom stereocenters. The minimum absolute atomic E-state index is 0.158. The normalized spacial score (nSPS) is 16.2. The van der Waals surface area contributed by atoms with Crippen LogP contribution >= 0.6 is 0 Å². The second kappa shape index (κ2) is 8.86.